The van der Waals surface area contributed by atoms with Crippen LogP contribution < -0.4 is 10.9 Å². The van der Waals surface area contributed by atoms with E-state index in [2.05, 4.69) is 15.4 Å². The molecule has 0 fully saturated rings. The molecule has 150 valence electrons. The van der Waals surface area contributed by atoms with Crippen LogP contribution in [0.1, 0.15) is 16.1 Å². The van der Waals surface area contributed by atoms with E-state index in [0.717, 1.165) is 4.68 Å². The molecule has 4 rings (SSSR count). The number of thiazole rings is 1. The molecule has 0 aliphatic heterocycles. The second-order valence-electron chi connectivity index (χ2n) is 6.57. The molecular formula is C20H15N5O4S. The van der Waals surface area contributed by atoms with E-state index in [-0.39, 0.29) is 16.9 Å². The third-order valence-electron chi connectivity index (χ3n) is 4.60. The van der Waals surface area contributed by atoms with Gasteiger partial charge < -0.3 is 0 Å². The van der Waals surface area contributed by atoms with Gasteiger partial charge >= 0.3 is 0 Å². The summed E-state index contributed by atoms with van der Waals surface area (Å²) in [5, 5.41) is 20.8. The standard InChI is InChI=1S/C20H15N5O4S/c1-11-7-8-12(9-16(11)25(28)29)15-10-30-20(21-15)22-18(26)17-13-5-3-4-6-14(13)19(27)24(2)23-17/h3-10H,1-2H3,(H,21,22,26). The van der Waals surface area contributed by atoms with Gasteiger partial charge in [0.1, 0.15) is 0 Å². The lowest BCUT2D eigenvalue weighted by molar-refractivity contribution is -0.385. The molecule has 0 aliphatic carbocycles. The Labute approximate surface area is 173 Å². The molecule has 30 heavy (non-hydrogen) atoms. The van der Waals surface area contributed by atoms with Crippen LogP contribution in [0.5, 0.6) is 0 Å². The molecule has 10 heteroatoms. The number of fused-ring (bicyclic) bond motifs is 1. The topological polar surface area (TPSA) is 120 Å². The van der Waals surface area contributed by atoms with Crippen molar-refractivity contribution in [1.82, 2.24) is 14.8 Å². The summed E-state index contributed by atoms with van der Waals surface area (Å²) in [5.74, 6) is -0.502. The summed E-state index contributed by atoms with van der Waals surface area (Å²) >= 11 is 1.19. The molecule has 2 aromatic carbocycles. The van der Waals surface area contributed by atoms with Gasteiger partial charge in [-0.25, -0.2) is 9.67 Å². The van der Waals surface area contributed by atoms with Crippen LogP contribution in [0.4, 0.5) is 10.8 Å². The second kappa shape index (κ2) is 7.48. The Kier molecular flexibility index (Phi) is 4.84. The van der Waals surface area contributed by atoms with Crippen molar-refractivity contribution in [1.29, 1.82) is 0 Å². The van der Waals surface area contributed by atoms with Crippen molar-refractivity contribution < 1.29 is 9.72 Å². The maximum absolute atomic E-state index is 12.8. The molecule has 9 nitrogen and oxygen atoms in total. The molecule has 0 unspecified atom stereocenters. The van der Waals surface area contributed by atoms with Gasteiger partial charge in [-0.15, -0.1) is 11.3 Å². The summed E-state index contributed by atoms with van der Waals surface area (Å²) in [4.78, 5) is 40.1. The summed E-state index contributed by atoms with van der Waals surface area (Å²) in [6.45, 7) is 1.67. The molecule has 0 saturated carbocycles. The maximum atomic E-state index is 12.8. The lowest BCUT2D eigenvalue weighted by Gasteiger charge is -2.07. The number of amides is 1. The number of nitro benzene ring substituents is 1. The Balaban J connectivity index is 1.65. The summed E-state index contributed by atoms with van der Waals surface area (Å²) in [5.41, 5.74) is 1.47. The Hall–Kier alpha value is -3.92. The molecule has 1 N–H and O–H groups in total. The molecule has 0 radical (unpaired) electrons. The van der Waals surface area contributed by atoms with Gasteiger partial charge in [-0.05, 0) is 13.0 Å². The van der Waals surface area contributed by atoms with Crippen molar-refractivity contribution in [2.45, 2.75) is 6.92 Å². The van der Waals surface area contributed by atoms with Crippen LogP contribution in [0.25, 0.3) is 22.0 Å². The molecule has 0 bridgehead atoms. The summed E-state index contributed by atoms with van der Waals surface area (Å²) < 4.78 is 1.12. The van der Waals surface area contributed by atoms with Gasteiger partial charge in [-0.2, -0.15) is 5.10 Å². The number of aromatic nitrogens is 3. The van der Waals surface area contributed by atoms with Crippen molar-refractivity contribution in [3.8, 4) is 11.3 Å². The molecule has 4 aromatic rings. The SMILES string of the molecule is Cc1ccc(-c2csc(NC(=O)c3nn(C)c(=O)c4ccccc34)n2)cc1[N+](=O)[O-]. The highest BCUT2D eigenvalue weighted by Gasteiger charge is 2.18. The molecule has 1 amide bonds. The van der Waals surface area contributed by atoms with Crippen LogP contribution in [-0.4, -0.2) is 25.6 Å². The molecule has 0 saturated heterocycles. The number of hydrogen-bond acceptors (Lipinski definition) is 7. The predicted molar refractivity (Wildman–Crippen MR) is 114 cm³/mol. The molecule has 0 atom stereocenters. The highest BCUT2D eigenvalue weighted by molar-refractivity contribution is 7.14. The first-order chi connectivity index (χ1) is 14.3. The van der Waals surface area contributed by atoms with Gasteiger partial charge in [0.25, 0.3) is 17.2 Å². The number of rotatable bonds is 4. The maximum Gasteiger partial charge on any atom is 0.278 e. The lowest BCUT2D eigenvalue weighted by atomic mass is 10.1. The van der Waals surface area contributed by atoms with Crippen LogP contribution in [-0.2, 0) is 7.05 Å². The minimum Gasteiger partial charge on any atom is -0.296 e. The first-order valence-electron chi connectivity index (χ1n) is 8.83. The van der Waals surface area contributed by atoms with Crippen molar-refractivity contribution in [2.75, 3.05) is 5.32 Å². The number of carbonyl (C=O) groups excluding carboxylic acids is 1. The van der Waals surface area contributed by atoms with Crippen molar-refractivity contribution in [3.05, 3.63) is 79.6 Å². The number of anilines is 1. The Morgan fingerprint density at radius 3 is 2.67 bits per heavy atom. The average Bonchev–Trinajstić information content (AvgIpc) is 3.19. The van der Waals surface area contributed by atoms with E-state index in [1.807, 2.05) is 0 Å². The van der Waals surface area contributed by atoms with Crippen molar-refractivity contribution in [3.63, 3.8) is 0 Å². The van der Waals surface area contributed by atoms with E-state index in [9.17, 15) is 19.7 Å². The Bertz CT molecular complexity index is 1380. The van der Waals surface area contributed by atoms with E-state index in [4.69, 9.17) is 0 Å². The highest BCUT2D eigenvalue weighted by atomic mass is 32.1. The quantitative estimate of drug-likeness (QED) is 0.398. The number of hydrogen-bond donors (Lipinski definition) is 1. The fourth-order valence-corrected chi connectivity index (χ4v) is 3.77. The number of aryl methyl sites for hydroxylation is 2. The van der Waals surface area contributed by atoms with Crippen LogP contribution >= 0.6 is 11.3 Å². The summed E-state index contributed by atoms with van der Waals surface area (Å²) in [7, 11) is 1.48. The van der Waals surface area contributed by atoms with E-state index >= 15 is 0 Å². The van der Waals surface area contributed by atoms with Crippen LogP contribution in [0.3, 0.4) is 0 Å². The Morgan fingerprint density at radius 1 is 1.20 bits per heavy atom. The van der Waals surface area contributed by atoms with E-state index in [1.165, 1.54) is 24.5 Å². The molecule has 2 heterocycles. The van der Waals surface area contributed by atoms with Gasteiger partial charge in [0.05, 0.1) is 16.0 Å². The zero-order valence-electron chi connectivity index (χ0n) is 15.9. The zero-order chi connectivity index (χ0) is 21.4. The van der Waals surface area contributed by atoms with Crippen LogP contribution in [0.15, 0.2) is 52.6 Å². The number of nitrogens with one attached hydrogen (secondary N) is 1. The first kappa shape index (κ1) is 19.4. The van der Waals surface area contributed by atoms with Crippen LogP contribution in [0.2, 0.25) is 0 Å². The lowest BCUT2D eigenvalue weighted by Crippen LogP contribution is -2.25. The van der Waals surface area contributed by atoms with E-state index in [1.54, 1.807) is 48.7 Å². The number of carbonyl (C=O) groups is 1. The number of nitro groups is 1. The smallest absolute Gasteiger partial charge is 0.278 e. The minimum absolute atomic E-state index is 0.00644. The normalized spacial score (nSPS) is 10.9. The minimum atomic E-state index is -0.502. The van der Waals surface area contributed by atoms with Crippen molar-refractivity contribution >= 4 is 38.8 Å². The largest absolute Gasteiger partial charge is 0.296 e. The second-order valence-corrected chi connectivity index (χ2v) is 7.43. The van der Waals surface area contributed by atoms with Gasteiger partial charge in [0, 0.05) is 35.0 Å². The zero-order valence-corrected chi connectivity index (χ0v) is 16.8. The van der Waals surface area contributed by atoms with Gasteiger partial charge in [-0.1, -0.05) is 30.3 Å². The molecule has 0 aliphatic rings. The molecule has 0 spiro atoms. The predicted octanol–water partition coefficient (Wildman–Crippen LogP) is 3.53. The molecular weight excluding hydrogens is 406 g/mol. The summed E-state index contributed by atoms with van der Waals surface area (Å²) in [6, 6.07) is 11.6. The van der Waals surface area contributed by atoms with Gasteiger partial charge in [0.15, 0.2) is 10.8 Å². The highest BCUT2D eigenvalue weighted by Crippen LogP contribution is 2.29. The third kappa shape index (κ3) is 3.44. The fourth-order valence-electron chi connectivity index (χ4n) is 3.05. The van der Waals surface area contributed by atoms with E-state index in [0.29, 0.717) is 32.7 Å². The fraction of sp³-hybridized carbons (Fsp3) is 0.100. The Morgan fingerprint density at radius 2 is 1.93 bits per heavy atom. The summed E-state index contributed by atoms with van der Waals surface area (Å²) in [6.07, 6.45) is 0. The van der Waals surface area contributed by atoms with Gasteiger partial charge in [0.2, 0.25) is 0 Å². The monoisotopic (exact) mass is 421 g/mol. The number of nitrogens with zero attached hydrogens (tertiary/aromatic N) is 4. The molecule has 2 aromatic heterocycles. The van der Waals surface area contributed by atoms with Crippen LogP contribution in [0, 0.1) is 17.0 Å². The first-order valence-corrected chi connectivity index (χ1v) is 9.71. The van der Waals surface area contributed by atoms with Crippen molar-refractivity contribution in [2.24, 2.45) is 7.05 Å². The number of benzene rings is 2. The van der Waals surface area contributed by atoms with Gasteiger partial charge in [-0.3, -0.25) is 25.0 Å². The average molecular weight is 421 g/mol. The third-order valence-corrected chi connectivity index (χ3v) is 5.36. The van der Waals surface area contributed by atoms with E-state index < -0.39 is 10.8 Å².